The van der Waals surface area contributed by atoms with E-state index in [1.165, 1.54) is 17.0 Å². The monoisotopic (exact) mass is 256 g/mol. The number of benzene rings is 1. The molecule has 2 aromatic rings. The molecular weight excluding hydrogens is 236 g/mol. The molecule has 1 aliphatic rings. The lowest BCUT2D eigenvalue weighted by Gasteiger charge is -2.39. The first-order valence-corrected chi connectivity index (χ1v) is 6.69. The van der Waals surface area contributed by atoms with E-state index in [-0.39, 0.29) is 6.04 Å². The Kier molecular flexibility index (Phi) is 3.12. The van der Waals surface area contributed by atoms with Gasteiger partial charge in [-0.3, -0.25) is 4.90 Å². The Bertz CT molecular complexity index is 561. The number of nitrogens with zero attached hydrogens (tertiary/aromatic N) is 3. The Hall–Kier alpha value is -1.65. The van der Waals surface area contributed by atoms with Gasteiger partial charge in [0.05, 0.1) is 23.8 Å². The van der Waals surface area contributed by atoms with E-state index in [4.69, 9.17) is 5.73 Å². The molecule has 0 bridgehead atoms. The summed E-state index contributed by atoms with van der Waals surface area (Å²) >= 11 is 0. The zero-order chi connectivity index (χ0) is 13.4. The molecular formula is C15H20N4. The van der Waals surface area contributed by atoms with Gasteiger partial charge in [-0.15, -0.1) is 0 Å². The van der Waals surface area contributed by atoms with Gasteiger partial charge < -0.3 is 10.3 Å². The summed E-state index contributed by atoms with van der Waals surface area (Å²) in [6.45, 7) is 0.663. The van der Waals surface area contributed by atoms with Crippen LogP contribution >= 0.6 is 0 Å². The van der Waals surface area contributed by atoms with Crippen LogP contribution in [-0.4, -0.2) is 34.1 Å². The van der Waals surface area contributed by atoms with Crippen LogP contribution in [0.2, 0.25) is 0 Å². The maximum Gasteiger partial charge on any atom is 0.0949 e. The van der Waals surface area contributed by atoms with Crippen LogP contribution in [0.4, 0.5) is 0 Å². The van der Waals surface area contributed by atoms with E-state index in [9.17, 15) is 0 Å². The molecule has 0 aliphatic carbocycles. The van der Waals surface area contributed by atoms with Crippen LogP contribution in [0.25, 0.3) is 0 Å². The van der Waals surface area contributed by atoms with Crippen LogP contribution in [0.3, 0.4) is 0 Å². The number of aromatic nitrogens is 2. The molecule has 1 aromatic heterocycles. The van der Waals surface area contributed by atoms with Gasteiger partial charge in [-0.25, -0.2) is 4.98 Å². The zero-order valence-corrected chi connectivity index (χ0v) is 11.5. The molecule has 0 saturated heterocycles. The fraction of sp³-hybridized carbons (Fsp3) is 0.400. The number of hydrogen-bond acceptors (Lipinski definition) is 3. The van der Waals surface area contributed by atoms with Crippen molar-refractivity contribution in [1.82, 2.24) is 14.5 Å². The smallest absolute Gasteiger partial charge is 0.0949 e. The molecule has 1 aliphatic heterocycles. The first-order chi connectivity index (χ1) is 9.22. The van der Waals surface area contributed by atoms with Crippen LogP contribution in [0.1, 0.15) is 23.0 Å². The first kappa shape index (κ1) is 12.4. The van der Waals surface area contributed by atoms with Gasteiger partial charge in [0, 0.05) is 26.1 Å². The summed E-state index contributed by atoms with van der Waals surface area (Å²) in [6.07, 6.45) is 2.85. The van der Waals surface area contributed by atoms with Crippen molar-refractivity contribution in [3.8, 4) is 0 Å². The van der Waals surface area contributed by atoms with Crippen LogP contribution in [-0.2, 0) is 13.5 Å². The van der Waals surface area contributed by atoms with Crippen LogP contribution in [0, 0.1) is 0 Å². The van der Waals surface area contributed by atoms with Gasteiger partial charge in [-0.2, -0.15) is 0 Å². The SMILES string of the molecule is CN1C(CN)Cc2ncn(C)c2C1c1ccccc1. The summed E-state index contributed by atoms with van der Waals surface area (Å²) in [7, 11) is 4.23. The molecule has 1 aromatic carbocycles. The van der Waals surface area contributed by atoms with Crippen LogP contribution < -0.4 is 5.73 Å². The third-order valence-electron chi connectivity index (χ3n) is 4.12. The highest BCUT2D eigenvalue weighted by atomic mass is 15.2. The van der Waals surface area contributed by atoms with Gasteiger partial charge in [0.15, 0.2) is 0 Å². The minimum atomic E-state index is 0.242. The maximum atomic E-state index is 5.92. The number of fused-ring (bicyclic) bond motifs is 1. The number of rotatable bonds is 2. The second kappa shape index (κ2) is 4.79. The minimum Gasteiger partial charge on any atom is -0.336 e. The highest BCUT2D eigenvalue weighted by molar-refractivity contribution is 5.34. The number of hydrogen-bond donors (Lipinski definition) is 1. The molecule has 2 unspecified atom stereocenters. The van der Waals surface area contributed by atoms with E-state index in [0.29, 0.717) is 12.6 Å². The third-order valence-corrected chi connectivity index (χ3v) is 4.12. The molecule has 0 fully saturated rings. The highest BCUT2D eigenvalue weighted by Crippen LogP contribution is 2.35. The lowest BCUT2D eigenvalue weighted by molar-refractivity contribution is 0.177. The zero-order valence-electron chi connectivity index (χ0n) is 11.5. The molecule has 2 heterocycles. The summed E-state index contributed by atoms with van der Waals surface area (Å²) < 4.78 is 2.14. The Morgan fingerprint density at radius 1 is 1.26 bits per heavy atom. The fourth-order valence-electron chi connectivity index (χ4n) is 3.04. The lowest BCUT2D eigenvalue weighted by atomic mass is 9.92. The van der Waals surface area contributed by atoms with Crippen molar-refractivity contribution in [3.63, 3.8) is 0 Å². The molecule has 4 heteroatoms. The number of likely N-dealkylation sites (N-methyl/N-ethyl adjacent to an activating group) is 1. The molecule has 0 amide bonds. The molecule has 0 spiro atoms. The maximum absolute atomic E-state index is 5.92. The van der Waals surface area contributed by atoms with E-state index >= 15 is 0 Å². The van der Waals surface area contributed by atoms with Crippen LogP contribution in [0.5, 0.6) is 0 Å². The van der Waals surface area contributed by atoms with E-state index in [1.807, 2.05) is 6.33 Å². The summed E-state index contributed by atoms with van der Waals surface area (Å²) in [5.74, 6) is 0. The minimum absolute atomic E-state index is 0.242. The number of imidazole rings is 1. The average molecular weight is 256 g/mol. The van der Waals surface area contributed by atoms with Gasteiger partial charge >= 0.3 is 0 Å². The van der Waals surface area contributed by atoms with Gasteiger partial charge in [-0.1, -0.05) is 30.3 Å². The largest absolute Gasteiger partial charge is 0.336 e. The van der Waals surface area contributed by atoms with Crippen molar-refractivity contribution in [2.75, 3.05) is 13.6 Å². The summed E-state index contributed by atoms with van der Waals surface area (Å²) in [4.78, 5) is 6.92. The Morgan fingerprint density at radius 2 is 2.00 bits per heavy atom. The van der Waals surface area contributed by atoms with Crippen molar-refractivity contribution < 1.29 is 0 Å². The van der Waals surface area contributed by atoms with Gasteiger partial charge in [-0.05, 0) is 12.6 Å². The van der Waals surface area contributed by atoms with E-state index in [0.717, 1.165) is 6.42 Å². The van der Waals surface area contributed by atoms with Crippen molar-refractivity contribution in [1.29, 1.82) is 0 Å². The van der Waals surface area contributed by atoms with E-state index in [1.54, 1.807) is 0 Å². The van der Waals surface area contributed by atoms with Gasteiger partial charge in [0.1, 0.15) is 0 Å². The molecule has 19 heavy (non-hydrogen) atoms. The van der Waals surface area contributed by atoms with Crippen molar-refractivity contribution in [3.05, 3.63) is 53.6 Å². The van der Waals surface area contributed by atoms with Crippen molar-refractivity contribution in [2.24, 2.45) is 12.8 Å². The standard InChI is InChI=1S/C15H20N4/c1-18-10-17-13-8-12(9-16)19(2)14(15(13)18)11-6-4-3-5-7-11/h3-7,10,12,14H,8-9,16H2,1-2H3. The summed E-state index contributed by atoms with van der Waals surface area (Å²) in [5.41, 5.74) is 9.70. The highest BCUT2D eigenvalue weighted by Gasteiger charge is 2.34. The Morgan fingerprint density at radius 3 is 2.68 bits per heavy atom. The Balaban J connectivity index is 2.12. The topological polar surface area (TPSA) is 47.1 Å². The number of nitrogens with two attached hydrogens (primary N) is 1. The summed E-state index contributed by atoms with van der Waals surface area (Å²) in [5, 5.41) is 0. The van der Waals surface area contributed by atoms with E-state index in [2.05, 4.69) is 58.9 Å². The molecule has 2 atom stereocenters. The molecule has 4 nitrogen and oxygen atoms in total. The quantitative estimate of drug-likeness (QED) is 0.881. The van der Waals surface area contributed by atoms with Crippen LogP contribution in [0.15, 0.2) is 36.7 Å². The third kappa shape index (κ3) is 1.97. The second-order valence-electron chi connectivity index (χ2n) is 5.26. The normalized spacial score (nSPS) is 23.3. The molecule has 0 radical (unpaired) electrons. The molecule has 100 valence electrons. The molecule has 3 rings (SSSR count). The summed E-state index contributed by atoms with van der Waals surface area (Å²) in [6, 6.07) is 11.2. The fourth-order valence-corrected chi connectivity index (χ4v) is 3.04. The molecule has 2 N–H and O–H groups in total. The predicted molar refractivity (Wildman–Crippen MR) is 75.8 cm³/mol. The van der Waals surface area contributed by atoms with Crippen molar-refractivity contribution in [2.45, 2.75) is 18.5 Å². The second-order valence-corrected chi connectivity index (χ2v) is 5.26. The lowest BCUT2D eigenvalue weighted by Crippen LogP contribution is -2.46. The van der Waals surface area contributed by atoms with Crippen molar-refractivity contribution >= 4 is 0 Å². The van der Waals surface area contributed by atoms with E-state index < -0.39 is 0 Å². The average Bonchev–Trinajstić information content (AvgIpc) is 2.80. The molecule has 0 saturated carbocycles. The van der Waals surface area contributed by atoms with Gasteiger partial charge in [0.25, 0.3) is 0 Å². The van der Waals surface area contributed by atoms with Gasteiger partial charge in [0.2, 0.25) is 0 Å². The Labute approximate surface area is 113 Å². The predicted octanol–water partition coefficient (Wildman–Crippen LogP) is 1.32. The number of aryl methyl sites for hydroxylation is 1. The first-order valence-electron chi connectivity index (χ1n) is 6.69.